The predicted molar refractivity (Wildman–Crippen MR) is 133 cm³/mol. The molecule has 3 heterocycles. The number of carbonyl (C=O) groups excluding carboxylic acids is 1. The van der Waals surface area contributed by atoms with Crippen LogP contribution in [0.2, 0.25) is 0 Å². The number of hydrogen-bond donors (Lipinski definition) is 1. The first kappa shape index (κ1) is 21.6. The summed E-state index contributed by atoms with van der Waals surface area (Å²) in [4.78, 5) is 15.6. The van der Waals surface area contributed by atoms with Crippen molar-refractivity contribution in [2.75, 3.05) is 19.6 Å². The normalized spacial score (nSPS) is 30.5. The van der Waals surface area contributed by atoms with E-state index in [2.05, 4.69) is 26.5 Å². The minimum absolute atomic E-state index is 0.0336. The van der Waals surface area contributed by atoms with Crippen LogP contribution in [-0.4, -0.2) is 51.4 Å². The first-order chi connectivity index (χ1) is 17.1. The van der Waals surface area contributed by atoms with Crippen molar-refractivity contribution in [2.45, 2.75) is 68.7 Å². The van der Waals surface area contributed by atoms with Gasteiger partial charge in [-0.1, -0.05) is 11.2 Å². The van der Waals surface area contributed by atoms with Gasteiger partial charge in [-0.15, -0.1) is 0 Å². The Bertz CT molecular complexity index is 1250. The summed E-state index contributed by atoms with van der Waals surface area (Å²) >= 11 is 0. The van der Waals surface area contributed by atoms with Gasteiger partial charge in [0, 0.05) is 55.2 Å². The third-order valence-electron chi connectivity index (χ3n) is 9.18. The van der Waals surface area contributed by atoms with Crippen LogP contribution in [0, 0.1) is 11.8 Å². The van der Waals surface area contributed by atoms with Crippen LogP contribution in [0.5, 0.6) is 0 Å². The molecule has 2 atom stereocenters. The molecule has 1 N–H and O–H groups in total. The summed E-state index contributed by atoms with van der Waals surface area (Å²) in [5.74, 6) is 3.35. The maximum atomic E-state index is 13.0. The zero-order valence-corrected chi connectivity index (χ0v) is 20.6. The van der Waals surface area contributed by atoms with Crippen LogP contribution in [0.4, 0.5) is 0 Å². The van der Waals surface area contributed by atoms with Crippen molar-refractivity contribution in [3.05, 3.63) is 47.5 Å². The summed E-state index contributed by atoms with van der Waals surface area (Å²) in [5.41, 5.74) is 3.12. The molecule has 3 saturated carbocycles. The predicted octanol–water partition coefficient (Wildman–Crippen LogP) is 4.39. The summed E-state index contributed by atoms with van der Waals surface area (Å²) < 4.78 is 7.44. The smallest absolute Gasteiger partial charge is 0.252 e. The van der Waals surface area contributed by atoms with Gasteiger partial charge < -0.3 is 14.7 Å². The molecule has 35 heavy (non-hydrogen) atoms. The zero-order valence-electron chi connectivity index (χ0n) is 20.6. The van der Waals surface area contributed by atoms with E-state index >= 15 is 0 Å². The lowest BCUT2D eigenvalue weighted by Gasteiger charge is -2.30. The lowest BCUT2D eigenvalue weighted by atomic mass is 9.84. The first-order valence-corrected chi connectivity index (χ1v) is 13.5. The van der Waals surface area contributed by atoms with Crippen LogP contribution >= 0.6 is 0 Å². The fraction of sp³-hybridized carbons (Fsp3) is 0.607. The number of piperidine rings is 1. The van der Waals surface area contributed by atoms with E-state index in [0.717, 1.165) is 53.4 Å². The van der Waals surface area contributed by atoms with Crippen molar-refractivity contribution < 1.29 is 9.32 Å². The van der Waals surface area contributed by atoms with Crippen molar-refractivity contribution in [1.29, 1.82) is 0 Å². The van der Waals surface area contributed by atoms with Crippen LogP contribution < -0.4 is 5.32 Å². The van der Waals surface area contributed by atoms with Gasteiger partial charge in [-0.3, -0.25) is 9.48 Å². The number of benzene rings is 1. The van der Waals surface area contributed by atoms with E-state index in [1.165, 1.54) is 57.3 Å². The Kier molecular flexibility index (Phi) is 5.05. The molecule has 1 saturated heterocycles. The monoisotopic (exact) mass is 473 g/mol. The Morgan fingerprint density at radius 1 is 1.20 bits per heavy atom. The lowest BCUT2D eigenvalue weighted by Crippen LogP contribution is -2.38. The Hall–Kier alpha value is -2.67. The number of likely N-dealkylation sites (tertiary alicyclic amines) is 1. The number of rotatable bonds is 7. The first-order valence-electron chi connectivity index (χ1n) is 13.5. The van der Waals surface area contributed by atoms with Crippen molar-refractivity contribution in [1.82, 2.24) is 25.2 Å². The zero-order chi connectivity index (χ0) is 23.6. The fourth-order valence-corrected chi connectivity index (χ4v) is 6.82. The number of hydrogen-bond acceptors (Lipinski definition) is 5. The molecule has 1 aliphatic heterocycles. The molecular formula is C28H35N5O2. The minimum atomic E-state index is 0.0336. The quantitative estimate of drug-likeness (QED) is 0.551. The summed E-state index contributed by atoms with van der Waals surface area (Å²) in [7, 11) is 1.90. The highest BCUT2D eigenvalue weighted by atomic mass is 16.5. The largest absolute Gasteiger partial charge is 0.361 e. The van der Waals surface area contributed by atoms with Gasteiger partial charge in [-0.2, -0.15) is 5.10 Å². The molecule has 1 aromatic carbocycles. The van der Waals surface area contributed by atoms with E-state index < -0.39 is 0 Å². The third kappa shape index (κ3) is 3.98. The van der Waals surface area contributed by atoms with Gasteiger partial charge in [-0.05, 0) is 81.9 Å². The molecule has 1 amide bonds. The van der Waals surface area contributed by atoms with Gasteiger partial charge in [-0.25, -0.2) is 0 Å². The molecule has 0 spiro atoms. The molecule has 0 bridgehead atoms. The molecule has 4 fully saturated rings. The second-order valence-corrected chi connectivity index (χ2v) is 11.7. The second-order valence-electron chi connectivity index (χ2n) is 11.7. The van der Waals surface area contributed by atoms with E-state index in [9.17, 15) is 4.79 Å². The molecule has 2 unspecified atom stereocenters. The molecule has 4 aliphatic rings. The minimum Gasteiger partial charge on any atom is -0.361 e. The number of carbonyl (C=O) groups is 1. The number of aryl methyl sites for hydroxylation is 1. The van der Waals surface area contributed by atoms with E-state index in [1.807, 2.05) is 31.4 Å². The molecule has 2 aromatic heterocycles. The Labute approximate surface area is 206 Å². The highest BCUT2D eigenvalue weighted by molar-refractivity contribution is 6.06. The molecule has 7 rings (SSSR count). The van der Waals surface area contributed by atoms with Crippen molar-refractivity contribution in [3.8, 4) is 0 Å². The van der Waals surface area contributed by atoms with Gasteiger partial charge in [0.25, 0.3) is 5.91 Å². The van der Waals surface area contributed by atoms with Gasteiger partial charge in [0.05, 0.1) is 16.8 Å². The van der Waals surface area contributed by atoms with E-state index in [-0.39, 0.29) is 17.4 Å². The van der Waals surface area contributed by atoms with Crippen LogP contribution in [-0.2, 0) is 12.5 Å². The summed E-state index contributed by atoms with van der Waals surface area (Å²) in [5, 5.41) is 13.1. The molecule has 3 aromatic rings. The summed E-state index contributed by atoms with van der Waals surface area (Å²) in [6.45, 7) is 3.56. The SMILES string of the molecule is Cn1cc2c(C(=O)NC3CCC(CCN4CC5CC5(c5cc(C6CC6)on5)C4)CC3)cccc2n1. The highest BCUT2D eigenvalue weighted by Gasteiger charge is 2.62. The average Bonchev–Trinajstić information content (AvgIpc) is 3.67. The van der Waals surface area contributed by atoms with Crippen LogP contribution in [0.1, 0.15) is 79.1 Å². The molecular weight excluding hydrogens is 438 g/mol. The van der Waals surface area contributed by atoms with Crippen LogP contribution in [0.15, 0.2) is 35.0 Å². The second kappa shape index (κ2) is 8.19. The lowest BCUT2D eigenvalue weighted by molar-refractivity contribution is 0.0921. The number of amides is 1. The number of fused-ring (bicyclic) bond motifs is 2. The molecule has 7 heteroatoms. The fourth-order valence-electron chi connectivity index (χ4n) is 6.82. The van der Waals surface area contributed by atoms with E-state index in [1.54, 1.807) is 4.68 Å². The number of nitrogens with one attached hydrogen (secondary N) is 1. The summed E-state index contributed by atoms with van der Waals surface area (Å²) in [6.07, 6.45) is 11.6. The number of nitrogens with zero attached hydrogens (tertiary/aromatic N) is 4. The standard InChI is InChI=1S/C28H35N5O2/c1-32-16-23-22(3-2-4-24(23)30-32)27(34)29-21-9-5-18(6-10-21)11-12-33-15-20-14-28(20,17-33)26-13-25(35-31-26)19-7-8-19/h2-4,13,16,18-21H,5-12,14-15,17H2,1H3,(H,29,34). The highest BCUT2D eigenvalue weighted by Crippen LogP contribution is 2.59. The molecule has 184 valence electrons. The summed E-state index contributed by atoms with van der Waals surface area (Å²) in [6, 6.07) is 8.33. The van der Waals surface area contributed by atoms with E-state index in [4.69, 9.17) is 4.52 Å². The van der Waals surface area contributed by atoms with Crippen molar-refractivity contribution >= 4 is 16.8 Å². The third-order valence-corrected chi connectivity index (χ3v) is 9.18. The van der Waals surface area contributed by atoms with Gasteiger partial charge in [0.2, 0.25) is 0 Å². The van der Waals surface area contributed by atoms with E-state index in [0.29, 0.717) is 5.92 Å². The maximum absolute atomic E-state index is 13.0. The maximum Gasteiger partial charge on any atom is 0.252 e. The van der Waals surface area contributed by atoms with Gasteiger partial charge in [0.1, 0.15) is 5.76 Å². The van der Waals surface area contributed by atoms with Crippen LogP contribution in [0.25, 0.3) is 10.9 Å². The Morgan fingerprint density at radius 3 is 2.89 bits per heavy atom. The molecule has 7 nitrogen and oxygen atoms in total. The average molecular weight is 474 g/mol. The van der Waals surface area contributed by atoms with Crippen molar-refractivity contribution in [2.24, 2.45) is 18.9 Å². The van der Waals surface area contributed by atoms with Crippen molar-refractivity contribution in [3.63, 3.8) is 0 Å². The Morgan fingerprint density at radius 2 is 2.06 bits per heavy atom. The van der Waals surface area contributed by atoms with Gasteiger partial charge >= 0.3 is 0 Å². The molecule has 0 radical (unpaired) electrons. The van der Waals surface area contributed by atoms with Gasteiger partial charge in [0.15, 0.2) is 0 Å². The molecule has 3 aliphatic carbocycles. The van der Waals surface area contributed by atoms with Crippen LogP contribution in [0.3, 0.4) is 0 Å². The Balaban J connectivity index is 0.885. The topological polar surface area (TPSA) is 76.2 Å². The number of aromatic nitrogens is 3.